The molecule has 312 valence electrons. The van der Waals surface area contributed by atoms with Crippen LogP contribution in [0.25, 0.3) is 32.9 Å². The Labute approximate surface area is 324 Å². The van der Waals surface area contributed by atoms with Gasteiger partial charge in [0.1, 0.15) is 30.4 Å². The smallest absolute Gasteiger partial charge is 0.435 e. The first-order valence-corrected chi connectivity index (χ1v) is 19.1. The maximum Gasteiger partial charge on any atom is 0.435 e. The van der Waals surface area contributed by atoms with Gasteiger partial charge < -0.3 is 19.7 Å². The molecule has 5 aliphatic rings. The van der Waals surface area contributed by atoms with E-state index < -0.39 is 67.0 Å². The van der Waals surface area contributed by atoms with Gasteiger partial charge in [0.2, 0.25) is 5.82 Å². The lowest BCUT2D eigenvalue weighted by atomic mass is 9.93. The number of halogens is 11. The number of aromatic nitrogens is 3. The number of rotatable bonds is 6. The number of alkyl halides is 9. The SMILES string of the molecule is Cc1c(F)ccc2cccc(-c3c(F)c4nc(OC[C@]56CCCN5C[C@H](OC(C(F)(F)F)(C(F)(F)F)C(F)(F)F)C6)nc5c4c([n+]3C)CC[C@@H]3[C@@H]4CC[C@H](CN53)N4)c12. The van der Waals surface area contributed by atoms with Gasteiger partial charge in [0.15, 0.2) is 11.5 Å². The Kier molecular flexibility index (Phi) is 8.96. The van der Waals surface area contributed by atoms with E-state index in [4.69, 9.17) is 9.72 Å². The van der Waals surface area contributed by atoms with Crippen LogP contribution in [0.1, 0.15) is 49.8 Å². The summed E-state index contributed by atoms with van der Waals surface area (Å²) in [5.41, 5.74) is -6.23. The quantitative estimate of drug-likeness (QED) is 0.159. The van der Waals surface area contributed by atoms with Crippen molar-refractivity contribution >= 4 is 27.5 Å². The second kappa shape index (κ2) is 13.2. The van der Waals surface area contributed by atoms with Gasteiger partial charge in [-0.25, -0.2) is 4.39 Å². The Hall–Kier alpha value is -4.10. The fraction of sp³-hybridized carbons (Fsp3) is 0.564. The van der Waals surface area contributed by atoms with Crippen LogP contribution in [0.15, 0.2) is 30.3 Å². The Morgan fingerprint density at radius 2 is 1.66 bits per heavy atom. The summed E-state index contributed by atoms with van der Waals surface area (Å²) in [6.07, 6.45) is -19.8. The van der Waals surface area contributed by atoms with Crippen LogP contribution < -0.4 is 19.5 Å². The first-order chi connectivity index (χ1) is 27.2. The molecule has 7 heterocycles. The average molecular weight is 832 g/mol. The van der Waals surface area contributed by atoms with Gasteiger partial charge >= 0.3 is 30.1 Å². The molecule has 2 aromatic carbocycles. The van der Waals surface area contributed by atoms with Gasteiger partial charge in [0.25, 0.3) is 5.69 Å². The van der Waals surface area contributed by atoms with Gasteiger partial charge in [0.05, 0.1) is 17.2 Å². The van der Waals surface area contributed by atoms with Gasteiger partial charge in [-0.3, -0.25) is 4.90 Å². The highest BCUT2D eigenvalue weighted by atomic mass is 19.4. The van der Waals surface area contributed by atoms with Crippen molar-refractivity contribution in [2.75, 3.05) is 31.1 Å². The molecule has 2 bridgehead atoms. The minimum absolute atomic E-state index is 0.0506. The Morgan fingerprint density at radius 1 is 0.914 bits per heavy atom. The summed E-state index contributed by atoms with van der Waals surface area (Å²) in [6, 6.07) is 8.06. The monoisotopic (exact) mass is 831 g/mol. The first kappa shape index (κ1) is 39.4. The van der Waals surface area contributed by atoms with Crippen molar-refractivity contribution < 1.29 is 62.3 Å². The van der Waals surface area contributed by atoms with E-state index >= 15 is 8.78 Å². The van der Waals surface area contributed by atoms with Crippen molar-refractivity contribution in [1.82, 2.24) is 20.2 Å². The highest BCUT2D eigenvalue weighted by Gasteiger charge is 2.86. The molecule has 0 aliphatic carbocycles. The zero-order chi connectivity index (χ0) is 41.3. The number of ether oxygens (including phenoxy) is 2. The third-order valence-corrected chi connectivity index (χ3v) is 13.1. The average Bonchev–Trinajstić information content (AvgIpc) is 3.78. The fourth-order valence-electron chi connectivity index (χ4n) is 10.5. The van der Waals surface area contributed by atoms with Gasteiger partial charge in [0, 0.05) is 43.0 Å². The molecule has 5 atom stereocenters. The molecule has 4 aromatic rings. The number of pyridine rings is 1. The highest BCUT2D eigenvalue weighted by molar-refractivity contribution is 6.00. The van der Waals surface area contributed by atoms with Crippen molar-refractivity contribution in [3.8, 4) is 17.3 Å². The molecule has 19 heteroatoms. The minimum atomic E-state index is -6.86. The lowest BCUT2D eigenvalue weighted by Crippen LogP contribution is -2.68. The number of nitrogens with one attached hydrogen (secondary N) is 1. The second-order valence-electron chi connectivity index (χ2n) is 16.3. The highest BCUT2D eigenvalue weighted by Crippen LogP contribution is 2.57. The third-order valence-electron chi connectivity index (χ3n) is 13.1. The summed E-state index contributed by atoms with van der Waals surface area (Å²) in [4.78, 5) is 13.0. The van der Waals surface area contributed by atoms with Crippen molar-refractivity contribution in [2.45, 2.75) is 106 Å². The van der Waals surface area contributed by atoms with E-state index in [1.54, 1.807) is 42.8 Å². The summed E-state index contributed by atoms with van der Waals surface area (Å²) in [5, 5.41) is 5.30. The molecule has 2 aromatic heterocycles. The largest absolute Gasteiger partial charge is 0.461 e. The van der Waals surface area contributed by atoms with E-state index in [0.717, 1.165) is 18.5 Å². The zero-order valence-electron chi connectivity index (χ0n) is 31.2. The summed E-state index contributed by atoms with van der Waals surface area (Å²) >= 11 is 0. The number of anilines is 1. The molecule has 58 heavy (non-hydrogen) atoms. The Bertz CT molecular complexity index is 2280. The lowest BCUT2D eigenvalue weighted by molar-refractivity contribution is -0.667. The van der Waals surface area contributed by atoms with Gasteiger partial charge in [-0.05, 0) is 75.1 Å². The standard InChI is InChI=1S/C39H38F11N6O2/c1-19-24(40)9-7-20-5-3-6-23(28(19)20)32-30(41)31-29-27(54(32)2)12-11-26-25-10-8-21(51-25)16-56(26)33(29)53-34(52-31)57-18-35-13-4-14-55(35)17-22(15-35)58-36(37(42,43)44,38(45,46)47)39(48,49)50/h3,5-7,9,21-22,25-26,51H,4,8,10-18H2,1-2H3/q+1/t21-,22-,25+,26-,35-/m1/s1. The third kappa shape index (κ3) is 5.75. The van der Waals surface area contributed by atoms with E-state index in [2.05, 4.69) is 19.9 Å². The Morgan fingerprint density at radius 3 is 2.38 bits per heavy atom. The number of piperazine rings is 1. The van der Waals surface area contributed by atoms with Crippen LogP contribution in [0, 0.1) is 18.6 Å². The summed E-state index contributed by atoms with van der Waals surface area (Å²) in [7, 11) is 1.74. The molecule has 1 N–H and O–H groups in total. The zero-order valence-corrected chi connectivity index (χ0v) is 31.2. The lowest BCUT2D eigenvalue weighted by Gasteiger charge is -2.41. The van der Waals surface area contributed by atoms with Crippen molar-refractivity contribution in [2.24, 2.45) is 7.05 Å². The molecule has 5 aliphatic heterocycles. The number of hydrogen-bond donors (Lipinski definition) is 1. The van der Waals surface area contributed by atoms with Crippen molar-refractivity contribution in [3.63, 3.8) is 0 Å². The predicted octanol–water partition coefficient (Wildman–Crippen LogP) is 7.54. The molecule has 0 spiro atoms. The summed E-state index contributed by atoms with van der Waals surface area (Å²) in [5.74, 6) is -0.821. The second-order valence-corrected chi connectivity index (χ2v) is 16.3. The molecule has 0 unspecified atom stereocenters. The van der Waals surface area contributed by atoms with Crippen LogP contribution in [0.5, 0.6) is 6.01 Å². The van der Waals surface area contributed by atoms with E-state index in [1.807, 2.05) is 0 Å². The first-order valence-electron chi connectivity index (χ1n) is 19.1. The van der Waals surface area contributed by atoms with E-state index in [9.17, 15) is 39.5 Å². The molecular weight excluding hydrogens is 793 g/mol. The van der Waals surface area contributed by atoms with E-state index in [1.165, 1.54) is 11.0 Å². The van der Waals surface area contributed by atoms with Crippen LogP contribution >= 0.6 is 0 Å². The van der Waals surface area contributed by atoms with Crippen LogP contribution in [0.2, 0.25) is 0 Å². The number of fused-ring (bicyclic) bond motifs is 7. The molecule has 4 saturated heterocycles. The number of nitrogens with zero attached hydrogens (tertiary/aromatic N) is 5. The molecule has 0 amide bonds. The van der Waals surface area contributed by atoms with Crippen LogP contribution in [-0.4, -0.2) is 95.0 Å². The topological polar surface area (TPSA) is 66.6 Å². The molecule has 0 saturated carbocycles. The molecule has 0 radical (unpaired) electrons. The number of aryl methyl sites for hydroxylation is 2. The number of hydrogen-bond acceptors (Lipinski definition) is 7. The number of benzene rings is 2. The van der Waals surface area contributed by atoms with Crippen LogP contribution in [-0.2, 0) is 18.2 Å². The maximum atomic E-state index is 17.5. The van der Waals surface area contributed by atoms with Crippen LogP contribution in [0.4, 0.5) is 54.1 Å². The van der Waals surface area contributed by atoms with Gasteiger partial charge in [-0.1, -0.05) is 18.2 Å². The molecular formula is C39H38F11N6O2+. The predicted molar refractivity (Wildman–Crippen MR) is 187 cm³/mol. The molecule has 4 fully saturated rings. The Balaban J connectivity index is 1.14. The van der Waals surface area contributed by atoms with Crippen LogP contribution in [0.3, 0.4) is 0 Å². The normalized spacial score (nSPS) is 26.4. The van der Waals surface area contributed by atoms with E-state index in [0.29, 0.717) is 58.9 Å². The van der Waals surface area contributed by atoms with Crippen molar-refractivity contribution in [3.05, 3.63) is 53.2 Å². The molecule has 9 rings (SSSR count). The fourth-order valence-corrected chi connectivity index (χ4v) is 10.5. The van der Waals surface area contributed by atoms with Crippen molar-refractivity contribution in [1.29, 1.82) is 0 Å². The van der Waals surface area contributed by atoms with Gasteiger partial charge in [-0.2, -0.15) is 58.4 Å². The molecule has 8 nitrogen and oxygen atoms in total. The van der Waals surface area contributed by atoms with E-state index in [-0.39, 0.29) is 48.3 Å². The maximum absolute atomic E-state index is 17.5. The minimum Gasteiger partial charge on any atom is -0.461 e. The summed E-state index contributed by atoms with van der Waals surface area (Å²) < 4.78 is 169. The summed E-state index contributed by atoms with van der Waals surface area (Å²) in [6.45, 7) is 1.22. The van der Waals surface area contributed by atoms with Gasteiger partial charge in [-0.15, -0.1) is 0 Å².